The normalized spacial score (nSPS) is 15.1. The number of piperazine rings is 1. The molecule has 1 saturated heterocycles. The molecule has 138 valence electrons. The summed E-state index contributed by atoms with van der Waals surface area (Å²) in [6.45, 7) is 4.30. The zero-order chi connectivity index (χ0) is 18.8. The number of amides is 1. The maximum atomic E-state index is 11.4. The van der Waals surface area contributed by atoms with Crippen LogP contribution >= 0.6 is 0 Å². The molecule has 0 saturated carbocycles. The van der Waals surface area contributed by atoms with Gasteiger partial charge in [-0.15, -0.1) is 0 Å². The number of aromatic amines is 1. The number of hydrogen-bond acceptors (Lipinski definition) is 4. The van der Waals surface area contributed by atoms with Crippen LogP contribution in [0.1, 0.15) is 10.4 Å². The number of carbonyl (C=O) groups is 1. The molecule has 1 amide bonds. The van der Waals surface area contributed by atoms with Crippen LogP contribution in [-0.4, -0.2) is 54.2 Å². The van der Waals surface area contributed by atoms with E-state index in [4.69, 9.17) is 5.73 Å². The predicted octanol–water partition coefficient (Wildman–Crippen LogP) is 2.59. The molecule has 1 fully saturated rings. The summed E-state index contributed by atoms with van der Waals surface area (Å²) in [7, 11) is 2.16. The van der Waals surface area contributed by atoms with Crippen molar-refractivity contribution in [2.45, 2.75) is 0 Å². The van der Waals surface area contributed by atoms with E-state index >= 15 is 0 Å². The van der Waals surface area contributed by atoms with Crippen LogP contribution in [0.25, 0.3) is 22.5 Å². The van der Waals surface area contributed by atoms with Crippen molar-refractivity contribution in [3.63, 3.8) is 0 Å². The molecule has 4 rings (SSSR count). The van der Waals surface area contributed by atoms with Crippen LogP contribution in [0.4, 0.5) is 5.69 Å². The monoisotopic (exact) mass is 361 g/mol. The summed E-state index contributed by atoms with van der Waals surface area (Å²) in [4.78, 5) is 16.1. The van der Waals surface area contributed by atoms with Gasteiger partial charge in [0.2, 0.25) is 5.91 Å². The molecular formula is C21H23N5O. The van der Waals surface area contributed by atoms with Crippen molar-refractivity contribution in [2.75, 3.05) is 38.1 Å². The molecule has 0 unspecified atom stereocenters. The summed E-state index contributed by atoms with van der Waals surface area (Å²) < 4.78 is 0. The Balaban J connectivity index is 1.53. The Labute approximate surface area is 158 Å². The quantitative estimate of drug-likeness (QED) is 0.749. The van der Waals surface area contributed by atoms with Gasteiger partial charge in [0, 0.05) is 43.0 Å². The Hall–Kier alpha value is -3.12. The number of nitrogens with one attached hydrogen (secondary N) is 1. The molecule has 3 aromatic rings. The number of nitrogens with two attached hydrogens (primary N) is 1. The van der Waals surface area contributed by atoms with Gasteiger partial charge in [0.15, 0.2) is 0 Å². The van der Waals surface area contributed by atoms with Crippen LogP contribution in [0.5, 0.6) is 0 Å². The van der Waals surface area contributed by atoms with Gasteiger partial charge in [0.05, 0.1) is 11.4 Å². The maximum Gasteiger partial charge on any atom is 0.248 e. The van der Waals surface area contributed by atoms with Crippen LogP contribution in [0.2, 0.25) is 0 Å². The van der Waals surface area contributed by atoms with Gasteiger partial charge in [-0.05, 0) is 42.9 Å². The van der Waals surface area contributed by atoms with Gasteiger partial charge in [-0.1, -0.05) is 24.3 Å². The van der Waals surface area contributed by atoms with Gasteiger partial charge in [0.1, 0.15) is 0 Å². The molecule has 0 aliphatic carbocycles. The predicted molar refractivity (Wildman–Crippen MR) is 108 cm³/mol. The second-order valence-corrected chi connectivity index (χ2v) is 6.95. The summed E-state index contributed by atoms with van der Waals surface area (Å²) in [5, 5.41) is 7.48. The van der Waals surface area contributed by atoms with Crippen LogP contribution < -0.4 is 10.6 Å². The highest BCUT2D eigenvalue weighted by Crippen LogP contribution is 2.26. The van der Waals surface area contributed by atoms with Crippen molar-refractivity contribution >= 4 is 11.6 Å². The van der Waals surface area contributed by atoms with Gasteiger partial charge in [-0.2, -0.15) is 5.10 Å². The van der Waals surface area contributed by atoms with E-state index in [1.54, 1.807) is 12.1 Å². The third kappa shape index (κ3) is 3.71. The van der Waals surface area contributed by atoms with Gasteiger partial charge in [-0.3, -0.25) is 9.89 Å². The number of rotatable bonds is 4. The molecule has 0 bridgehead atoms. The summed E-state index contributed by atoms with van der Waals surface area (Å²) in [6, 6.07) is 17.7. The summed E-state index contributed by atoms with van der Waals surface area (Å²) in [5.74, 6) is -0.438. The Bertz CT molecular complexity index is 939. The van der Waals surface area contributed by atoms with Crippen LogP contribution in [-0.2, 0) is 0 Å². The van der Waals surface area contributed by atoms with Crippen molar-refractivity contribution in [2.24, 2.45) is 5.73 Å². The molecular weight excluding hydrogens is 338 g/mol. The number of hydrogen-bond donors (Lipinski definition) is 2. The zero-order valence-corrected chi connectivity index (χ0v) is 15.4. The van der Waals surface area contributed by atoms with E-state index in [1.165, 1.54) is 5.69 Å². The summed E-state index contributed by atoms with van der Waals surface area (Å²) in [6.07, 6.45) is 0. The number of H-pyrrole nitrogens is 1. The van der Waals surface area contributed by atoms with E-state index < -0.39 is 5.91 Å². The zero-order valence-electron chi connectivity index (χ0n) is 15.4. The molecule has 3 N–H and O–H groups in total. The fraction of sp³-hybridized carbons (Fsp3) is 0.238. The summed E-state index contributed by atoms with van der Waals surface area (Å²) >= 11 is 0. The van der Waals surface area contributed by atoms with Crippen molar-refractivity contribution in [3.8, 4) is 22.5 Å². The average molecular weight is 361 g/mol. The van der Waals surface area contributed by atoms with Crippen LogP contribution in [0.15, 0.2) is 54.6 Å². The standard InChI is InChI=1S/C21H23N5O/c1-25-9-11-26(12-10-25)18-7-5-15(6-8-18)19-14-20(24-23-19)16-3-2-4-17(13-16)21(22)27/h2-8,13-14H,9-12H2,1H3,(H2,22,27)(H,23,24). The third-order valence-corrected chi connectivity index (χ3v) is 5.07. The van der Waals surface area contributed by atoms with Crippen LogP contribution in [0, 0.1) is 0 Å². The Morgan fingerprint density at radius 3 is 2.44 bits per heavy atom. The fourth-order valence-electron chi connectivity index (χ4n) is 3.37. The number of anilines is 1. The minimum atomic E-state index is -0.438. The highest BCUT2D eigenvalue weighted by molar-refractivity contribution is 5.94. The Morgan fingerprint density at radius 1 is 1.00 bits per heavy atom. The minimum absolute atomic E-state index is 0.438. The number of aromatic nitrogens is 2. The average Bonchev–Trinajstić information content (AvgIpc) is 3.19. The lowest BCUT2D eigenvalue weighted by Gasteiger charge is -2.34. The first-order valence-electron chi connectivity index (χ1n) is 9.10. The van der Waals surface area contributed by atoms with Gasteiger partial charge < -0.3 is 15.5 Å². The maximum absolute atomic E-state index is 11.4. The van der Waals surface area contributed by atoms with Crippen molar-refractivity contribution in [3.05, 3.63) is 60.2 Å². The molecule has 1 aromatic heterocycles. The van der Waals surface area contributed by atoms with Crippen molar-refractivity contribution < 1.29 is 4.79 Å². The minimum Gasteiger partial charge on any atom is -0.369 e. The van der Waals surface area contributed by atoms with Gasteiger partial charge in [0.25, 0.3) is 0 Å². The number of likely N-dealkylation sites (N-methyl/N-ethyl adjacent to an activating group) is 1. The van der Waals surface area contributed by atoms with E-state index in [1.807, 2.05) is 18.2 Å². The molecule has 2 aromatic carbocycles. The lowest BCUT2D eigenvalue weighted by atomic mass is 10.1. The summed E-state index contributed by atoms with van der Waals surface area (Å²) in [5.41, 5.74) is 10.8. The fourth-order valence-corrected chi connectivity index (χ4v) is 3.37. The lowest BCUT2D eigenvalue weighted by Crippen LogP contribution is -2.44. The molecule has 1 aliphatic rings. The highest BCUT2D eigenvalue weighted by atomic mass is 16.1. The smallest absolute Gasteiger partial charge is 0.248 e. The van der Waals surface area contributed by atoms with E-state index in [9.17, 15) is 4.79 Å². The largest absolute Gasteiger partial charge is 0.369 e. The lowest BCUT2D eigenvalue weighted by molar-refractivity contribution is 0.100. The first-order chi connectivity index (χ1) is 13.1. The Morgan fingerprint density at radius 2 is 1.74 bits per heavy atom. The Kier molecular flexibility index (Phi) is 4.64. The number of benzene rings is 2. The van der Waals surface area contributed by atoms with E-state index in [0.717, 1.165) is 48.7 Å². The van der Waals surface area contributed by atoms with E-state index in [2.05, 4.69) is 51.3 Å². The third-order valence-electron chi connectivity index (χ3n) is 5.07. The molecule has 1 aliphatic heterocycles. The molecule has 27 heavy (non-hydrogen) atoms. The van der Waals surface area contributed by atoms with Crippen molar-refractivity contribution in [1.29, 1.82) is 0 Å². The van der Waals surface area contributed by atoms with Gasteiger partial charge >= 0.3 is 0 Å². The number of carbonyl (C=O) groups excluding carboxylic acids is 1. The molecule has 6 heteroatoms. The topological polar surface area (TPSA) is 78.2 Å². The van der Waals surface area contributed by atoms with Crippen LogP contribution in [0.3, 0.4) is 0 Å². The molecule has 2 heterocycles. The molecule has 0 spiro atoms. The van der Waals surface area contributed by atoms with E-state index in [-0.39, 0.29) is 0 Å². The first kappa shape index (κ1) is 17.3. The number of primary amides is 1. The first-order valence-corrected chi connectivity index (χ1v) is 9.10. The molecule has 0 radical (unpaired) electrons. The van der Waals surface area contributed by atoms with Crippen molar-refractivity contribution in [1.82, 2.24) is 15.1 Å². The number of nitrogens with zero attached hydrogens (tertiary/aromatic N) is 3. The van der Waals surface area contributed by atoms with Gasteiger partial charge in [-0.25, -0.2) is 0 Å². The second-order valence-electron chi connectivity index (χ2n) is 6.95. The molecule has 6 nitrogen and oxygen atoms in total. The molecule has 0 atom stereocenters. The highest BCUT2D eigenvalue weighted by Gasteiger charge is 2.14. The SMILES string of the molecule is CN1CCN(c2ccc(-c3cc(-c4cccc(C(N)=O)c4)n[nH]3)cc2)CC1. The second kappa shape index (κ2) is 7.25. The van der Waals surface area contributed by atoms with E-state index in [0.29, 0.717) is 5.56 Å².